The molecule has 0 radical (unpaired) electrons. The Bertz CT molecular complexity index is 927. The normalized spacial score (nSPS) is 11.3. The van der Waals surface area contributed by atoms with Gasteiger partial charge in [-0.2, -0.15) is 0 Å². The summed E-state index contributed by atoms with van der Waals surface area (Å²) in [4.78, 5) is 35.5. The summed E-state index contributed by atoms with van der Waals surface area (Å²) in [6.45, 7) is 3.95. The van der Waals surface area contributed by atoms with Gasteiger partial charge in [-0.3, -0.25) is 9.59 Å². The van der Waals surface area contributed by atoms with Crippen molar-refractivity contribution in [1.29, 1.82) is 0 Å². The van der Waals surface area contributed by atoms with Gasteiger partial charge in [0.15, 0.2) is 30.0 Å². The molecule has 8 heteroatoms. The lowest BCUT2D eigenvalue weighted by molar-refractivity contribution is -0.155. The van der Waals surface area contributed by atoms with E-state index in [1.54, 1.807) is 19.1 Å². The summed E-state index contributed by atoms with van der Waals surface area (Å²) >= 11 is 0. The standard InChI is InChI=1S/C21H22FNO6/c1-12-5-7-16(10-17(12)22)23-21(26)14(3)29-20(25)11-28-18-8-6-15(13(2)24)9-19(18)27-4/h5-10,14H,11H2,1-4H3,(H,23,26)/t14-/m0/s1. The number of aryl methyl sites for hydroxylation is 1. The summed E-state index contributed by atoms with van der Waals surface area (Å²) in [5.74, 6) is -1.43. The molecule has 1 N–H and O–H groups in total. The zero-order chi connectivity index (χ0) is 21.6. The molecule has 0 saturated carbocycles. The highest BCUT2D eigenvalue weighted by molar-refractivity contribution is 5.95. The number of ketones is 1. The van der Waals surface area contributed by atoms with Gasteiger partial charge in [-0.05, 0) is 56.7 Å². The van der Waals surface area contributed by atoms with Crippen LogP contribution in [0.15, 0.2) is 36.4 Å². The van der Waals surface area contributed by atoms with Crippen molar-refractivity contribution >= 4 is 23.3 Å². The van der Waals surface area contributed by atoms with Crippen LogP contribution in [0.25, 0.3) is 0 Å². The lowest BCUT2D eigenvalue weighted by Crippen LogP contribution is -2.31. The van der Waals surface area contributed by atoms with E-state index >= 15 is 0 Å². The van der Waals surface area contributed by atoms with Gasteiger partial charge in [-0.15, -0.1) is 0 Å². The third-order valence-corrected chi connectivity index (χ3v) is 4.03. The van der Waals surface area contributed by atoms with Gasteiger partial charge in [0.05, 0.1) is 7.11 Å². The topological polar surface area (TPSA) is 90.9 Å². The third-order valence-electron chi connectivity index (χ3n) is 4.03. The number of amides is 1. The molecular weight excluding hydrogens is 381 g/mol. The summed E-state index contributed by atoms with van der Waals surface area (Å²) in [6.07, 6.45) is -1.11. The second-order valence-electron chi connectivity index (χ2n) is 6.30. The molecule has 0 aliphatic heterocycles. The first-order valence-corrected chi connectivity index (χ1v) is 8.79. The van der Waals surface area contributed by atoms with Crippen LogP contribution in [0.5, 0.6) is 11.5 Å². The second kappa shape index (κ2) is 9.68. The maximum atomic E-state index is 13.6. The number of methoxy groups -OCH3 is 1. The fraction of sp³-hybridized carbons (Fsp3) is 0.286. The number of halogens is 1. The smallest absolute Gasteiger partial charge is 0.344 e. The number of benzene rings is 2. The zero-order valence-corrected chi connectivity index (χ0v) is 16.6. The molecule has 0 aliphatic rings. The molecule has 154 valence electrons. The van der Waals surface area contributed by atoms with Crippen molar-refractivity contribution < 1.29 is 33.0 Å². The number of carbonyl (C=O) groups is 3. The molecule has 2 rings (SSSR count). The van der Waals surface area contributed by atoms with E-state index in [9.17, 15) is 18.8 Å². The van der Waals surface area contributed by atoms with Crippen molar-refractivity contribution in [3.8, 4) is 11.5 Å². The van der Waals surface area contributed by atoms with Gasteiger partial charge in [0.25, 0.3) is 5.91 Å². The average Bonchev–Trinajstić information content (AvgIpc) is 2.68. The van der Waals surface area contributed by atoms with E-state index in [1.807, 2.05) is 0 Å². The van der Waals surface area contributed by atoms with E-state index in [0.29, 0.717) is 11.1 Å². The summed E-state index contributed by atoms with van der Waals surface area (Å²) in [5, 5.41) is 2.48. The van der Waals surface area contributed by atoms with Gasteiger partial charge >= 0.3 is 5.97 Å². The van der Waals surface area contributed by atoms with Crippen LogP contribution in [-0.2, 0) is 14.3 Å². The van der Waals surface area contributed by atoms with Crippen LogP contribution in [0.1, 0.15) is 29.8 Å². The first-order valence-electron chi connectivity index (χ1n) is 8.79. The lowest BCUT2D eigenvalue weighted by atomic mass is 10.1. The number of carbonyl (C=O) groups excluding carboxylic acids is 3. The molecule has 0 saturated heterocycles. The second-order valence-corrected chi connectivity index (χ2v) is 6.30. The highest BCUT2D eigenvalue weighted by atomic mass is 19.1. The van der Waals surface area contributed by atoms with E-state index in [-0.39, 0.29) is 23.0 Å². The maximum absolute atomic E-state index is 13.6. The first-order chi connectivity index (χ1) is 13.7. The van der Waals surface area contributed by atoms with Crippen LogP contribution in [0.3, 0.4) is 0 Å². The fourth-order valence-corrected chi connectivity index (χ4v) is 2.34. The summed E-state index contributed by atoms with van der Waals surface area (Å²) < 4.78 is 29.1. The average molecular weight is 403 g/mol. The van der Waals surface area contributed by atoms with Crippen LogP contribution in [0.4, 0.5) is 10.1 Å². The molecule has 0 aliphatic carbocycles. The van der Waals surface area contributed by atoms with E-state index in [4.69, 9.17) is 14.2 Å². The van der Waals surface area contributed by atoms with Gasteiger partial charge in [0, 0.05) is 11.3 Å². The minimum atomic E-state index is -1.11. The Kier molecular flexibility index (Phi) is 7.30. The van der Waals surface area contributed by atoms with Gasteiger partial charge in [-0.25, -0.2) is 9.18 Å². The SMILES string of the molecule is COc1cc(C(C)=O)ccc1OCC(=O)O[C@@H](C)C(=O)Nc1ccc(C)c(F)c1. The van der Waals surface area contributed by atoms with Crippen molar-refractivity contribution in [2.45, 2.75) is 26.9 Å². The van der Waals surface area contributed by atoms with Crippen molar-refractivity contribution in [3.63, 3.8) is 0 Å². The van der Waals surface area contributed by atoms with Crippen LogP contribution in [-0.4, -0.2) is 37.5 Å². The van der Waals surface area contributed by atoms with Gasteiger partial charge < -0.3 is 19.5 Å². The molecule has 0 spiro atoms. The summed E-state index contributed by atoms with van der Waals surface area (Å²) in [7, 11) is 1.41. The number of anilines is 1. The molecule has 2 aromatic rings. The Hall–Kier alpha value is -3.42. The largest absolute Gasteiger partial charge is 0.493 e. The predicted molar refractivity (Wildman–Crippen MR) is 104 cm³/mol. The number of hydrogen-bond acceptors (Lipinski definition) is 6. The van der Waals surface area contributed by atoms with Crippen LogP contribution in [0, 0.1) is 12.7 Å². The lowest BCUT2D eigenvalue weighted by Gasteiger charge is -2.15. The van der Waals surface area contributed by atoms with Gasteiger partial charge in [0.2, 0.25) is 0 Å². The molecule has 0 aromatic heterocycles. The number of esters is 1. The first kappa shape index (κ1) is 21.9. The van der Waals surface area contributed by atoms with E-state index in [1.165, 1.54) is 45.2 Å². The molecule has 7 nitrogen and oxygen atoms in total. The van der Waals surface area contributed by atoms with E-state index < -0.39 is 30.4 Å². The minimum Gasteiger partial charge on any atom is -0.493 e. The Morgan fingerprint density at radius 2 is 1.83 bits per heavy atom. The molecule has 0 fully saturated rings. The Labute approximate surface area is 167 Å². The number of ether oxygens (including phenoxy) is 3. The monoisotopic (exact) mass is 403 g/mol. The van der Waals surface area contributed by atoms with Crippen LogP contribution >= 0.6 is 0 Å². The van der Waals surface area contributed by atoms with E-state index in [2.05, 4.69) is 5.32 Å². The minimum absolute atomic E-state index is 0.137. The van der Waals surface area contributed by atoms with Gasteiger partial charge in [0.1, 0.15) is 5.82 Å². The van der Waals surface area contributed by atoms with Crippen LogP contribution in [0.2, 0.25) is 0 Å². The van der Waals surface area contributed by atoms with Crippen molar-refractivity contribution in [1.82, 2.24) is 0 Å². The van der Waals surface area contributed by atoms with E-state index in [0.717, 1.165) is 0 Å². The number of rotatable bonds is 8. The van der Waals surface area contributed by atoms with Crippen molar-refractivity contribution in [2.24, 2.45) is 0 Å². The van der Waals surface area contributed by atoms with Crippen molar-refractivity contribution in [2.75, 3.05) is 19.0 Å². The fourth-order valence-electron chi connectivity index (χ4n) is 2.34. The Morgan fingerprint density at radius 3 is 2.45 bits per heavy atom. The molecule has 0 unspecified atom stereocenters. The Morgan fingerprint density at radius 1 is 1.10 bits per heavy atom. The molecule has 0 heterocycles. The van der Waals surface area contributed by atoms with Crippen molar-refractivity contribution in [3.05, 3.63) is 53.3 Å². The quantitative estimate of drug-likeness (QED) is 0.537. The number of hydrogen-bond donors (Lipinski definition) is 1. The molecular formula is C21H22FNO6. The molecule has 1 amide bonds. The number of Topliss-reactive ketones (excluding diaryl/α,β-unsaturated/α-hetero) is 1. The highest BCUT2D eigenvalue weighted by Crippen LogP contribution is 2.28. The zero-order valence-electron chi connectivity index (χ0n) is 16.6. The summed E-state index contributed by atoms with van der Waals surface area (Å²) in [5.41, 5.74) is 1.15. The maximum Gasteiger partial charge on any atom is 0.344 e. The molecule has 2 aromatic carbocycles. The Balaban J connectivity index is 1.90. The summed E-state index contributed by atoms with van der Waals surface area (Å²) in [6, 6.07) is 8.81. The molecule has 0 bridgehead atoms. The predicted octanol–water partition coefficient (Wildman–Crippen LogP) is 3.29. The van der Waals surface area contributed by atoms with Crippen LogP contribution < -0.4 is 14.8 Å². The number of nitrogens with one attached hydrogen (secondary N) is 1. The van der Waals surface area contributed by atoms with Gasteiger partial charge in [-0.1, -0.05) is 6.07 Å². The highest BCUT2D eigenvalue weighted by Gasteiger charge is 2.19. The molecule has 29 heavy (non-hydrogen) atoms. The molecule has 1 atom stereocenters. The third kappa shape index (κ3) is 6.03.